The standard InChI is InChI=1S/C31H33N3O4S/c1-22(2)31-29(30(35)17-14-24-10-7-11-26(18-24)33-36)19-27(34(31)21-25-8-5-4-6-9-25)20-32-39(37,38)28-15-12-23(3)13-16-28/h4-13,15-16,18-19,22,32H,14,17,20-21H2,1-3H3. The lowest BCUT2D eigenvalue weighted by Gasteiger charge is -2.18. The van der Waals surface area contributed by atoms with Gasteiger partial charge in [0.2, 0.25) is 10.0 Å². The minimum absolute atomic E-state index is 0.0257. The molecule has 0 spiro atoms. The summed E-state index contributed by atoms with van der Waals surface area (Å²) in [5.74, 6) is -0.00433. The minimum atomic E-state index is -3.74. The van der Waals surface area contributed by atoms with E-state index in [4.69, 9.17) is 0 Å². The second-order valence-electron chi connectivity index (χ2n) is 9.98. The van der Waals surface area contributed by atoms with Crippen molar-refractivity contribution in [2.45, 2.75) is 57.5 Å². The molecular weight excluding hydrogens is 510 g/mol. The first kappa shape index (κ1) is 28.1. The maximum Gasteiger partial charge on any atom is 0.240 e. The maximum atomic E-state index is 13.5. The van der Waals surface area contributed by atoms with Gasteiger partial charge in [-0.1, -0.05) is 74.0 Å². The molecule has 0 aliphatic rings. The number of hydrogen-bond donors (Lipinski definition) is 1. The van der Waals surface area contributed by atoms with Crippen LogP contribution in [-0.2, 0) is 29.5 Å². The van der Waals surface area contributed by atoms with Crippen LogP contribution in [0.4, 0.5) is 5.69 Å². The topological polar surface area (TPSA) is 97.6 Å². The van der Waals surface area contributed by atoms with Gasteiger partial charge in [0.1, 0.15) is 5.69 Å². The van der Waals surface area contributed by atoms with E-state index in [1.54, 1.807) is 42.5 Å². The van der Waals surface area contributed by atoms with E-state index >= 15 is 0 Å². The van der Waals surface area contributed by atoms with Crippen molar-refractivity contribution in [1.29, 1.82) is 0 Å². The van der Waals surface area contributed by atoms with E-state index in [0.29, 0.717) is 29.9 Å². The Morgan fingerprint density at radius 3 is 2.28 bits per heavy atom. The summed E-state index contributed by atoms with van der Waals surface area (Å²) < 4.78 is 30.9. The van der Waals surface area contributed by atoms with Crippen LogP contribution in [0.1, 0.15) is 64.6 Å². The molecule has 0 saturated heterocycles. The fourth-order valence-corrected chi connectivity index (χ4v) is 5.69. The normalized spacial score (nSPS) is 11.6. The molecule has 7 nitrogen and oxygen atoms in total. The molecule has 202 valence electrons. The van der Waals surface area contributed by atoms with E-state index in [2.05, 4.69) is 14.5 Å². The zero-order valence-electron chi connectivity index (χ0n) is 22.4. The van der Waals surface area contributed by atoms with Gasteiger partial charge in [0.25, 0.3) is 0 Å². The molecule has 0 atom stereocenters. The Labute approximate surface area is 229 Å². The average molecular weight is 544 g/mol. The van der Waals surface area contributed by atoms with Gasteiger partial charge in [-0.2, -0.15) is 0 Å². The van der Waals surface area contributed by atoms with Crippen molar-refractivity contribution in [3.05, 3.63) is 123 Å². The lowest BCUT2D eigenvalue weighted by Crippen LogP contribution is -2.25. The number of aromatic nitrogens is 1. The summed E-state index contributed by atoms with van der Waals surface area (Å²) in [7, 11) is -3.74. The molecule has 0 radical (unpaired) electrons. The molecule has 0 unspecified atom stereocenters. The number of hydrogen-bond acceptors (Lipinski definition) is 5. The summed E-state index contributed by atoms with van der Waals surface area (Å²) in [6.45, 7) is 6.53. The summed E-state index contributed by atoms with van der Waals surface area (Å²) in [5, 5.41) is 2.98. The van der Waals surface area contributed by atoms with Crippen molar-refractivity contribution in [3.8, 4) is 0 Å². The second-order valence-corrected chi connectivity index (χ2v) is 11.7. The lowest BCUT2D eigenvalue weighted by atomic mass is 9.98. The highest BCUT2D eigenvalue weighted by molar-refractivity contribution is 7.89. The first-order chi connectivity index (χ1) is 18.7. The van der Waals surface area contributed by atoms with Gasteiger partial charge in [-0.25, -0.2) is 13.1 Å². The van der Waals surface area contributed by atoms with Gasteiger partial charge in [-0.3, -0.25) is 4.79 Å². The fraction of sp³-hybridized carbons (Fsp3) is 0.258. The Balaban J connectivity index is 1.66. The summed E-state index contributed by atoms with van der Waals surface area (Å²) in [4.78, 5) is 24.6. The Hall–Kier alpha value is -3.88. The first-order valence-electron chi connectivity index (χ1n) is 13.0. The van der Waals surface area contributed by atoms with Crippen LogP contribution in [0.5, 0.6) is 0 Å². The van der Waals surface area contributed by atoms with Crippen molar-refractivity contribution in [2.75, 3.05) is 0 Å². The van der Waals surface area contributed by atoms with Crippen LogP contribution in [0.2, 0.25) is 0 Å². The predicted octanol–water partition coefficient (Wildman–Crippen LogP) is 6.66. The minimum Gasteiger partial charge on any atom is -0.342 e. The number of carbonyl (C=O) groups excluding carboxylic acids is 1. The van der Waals surface area contributed by atoms with Crippen molar-refractivity contribution in [2.24, 2.45) is 5.18 Å². The summed E-state index contributed by atoms with van der Waals surface area (Å²) >= 11 is 0. The Morgan fingerprint density at radius 1 is 0.923 bits per heavy atom. The van der Waals surface area contributed by atoms with Gasteiger partial charge in [-0.15, -0.1) is 4.91 Å². The third kappa shape index (κ3) is 6.96. The molecule has 1 N–H and O–H groups in total. The van der Waals surface area contributed by atoms with Gasteiger partial charge in [0, 0.05) is 29.9 Å². The first-order valence-corrected chi connectivity index (χ1v) is 14.4. The number of benzene rings is 3. The van der Waals surface area contributed by atoms with Crippen LogP contribution in [0.3, 0.4) is 0 Å². The zero-order valence-corrected chi connectivity index (χ0v) is 23.2. The molecule has 1 heterocycles. The molecular formula is C31H33N3O4S. The zero-order chi connectivity index (χ0) is 28.0. The van der Waals surface area contributed by atoms with Gasteiger partial charge >= 0.3 is 0 Å². The molecule has 0 fully saturated rings. The molecule has 39 heavy (non-hydrogen) atoms. The van der Waals surface area contributed by atoms with Crippen LogP contribution in [-0.4, -0.2) is 18.8 Å². The molecule has 4 aromatic rings. The number of sulfonamides is 1. The van der Waals surface area contributed by atoms with Crippen molar-refractivity contribution in [3.63, 3.8) is 0 Å². The summed E-state index contributed by atoms with van der Waals surface area (Å²) in [5.41, 5.74) is 5.40. The molecule has 4 rings (SSSR count). The van der Waals surface area contributed by atoms with Gasteiger partial charge in [-0.05, 0) is 65.9 Å². The third-order valence-corrected chi connectivity index (χ3v) is 8.10. The molecule has 3 aromatic carbocycles. The molecule has 0 aliphatic heterocycles. The number of Topliss-reactive ketones (excluding diaryl/α,β-unsaturated/α-hetero) is 1. The maximum absolute atomic E-state index is 13.5. The molecule has 0 amide bonds. The average Bonchev–Trinajstić information content (AvgIpc) is 3.30. The monoisotopic (exact) mass is 543 g/mol. The van der Waals surface area contributed by atoms with E-state index in [1.165, 1.54) is 0 Å². The number of rotatable bonds is 12. The van der Waals surface area contributed by atoms with Gasteiger partial charge in [0.05, 0.1) is 11.4 Å². The second kappa shape index (κ2) is 12.3. The van der Waals surface area contributed by atoms with E-state index in [1.807, 2.05) is 63.2 Å². The number of nitrogens with zero attached hydrogens (tertiary/aromatic N) is 2. The molecule has 8 heteroatoms. The molecule has 0 saturated carbocycles. The molecule has 0 bridgehead atoms. The number of nitrogens with one attached hydrogen (secondary N) is 1. The molecule has 1 aromatic heterocycles. The van der Waals surface area contributed by atoms with Crippen molar-refractivity contribution in [1.82, 2.24) is 9.29 Å². The molecule has 0 aliphatic carbocycles. The SMILES string of the molecule is Cc1ccc(S(=O)(=O)NCc2cc(C(=O)CCc3cccc(N=O)c3)c(C(C)C)n2Cc2ccccc2)cc1. The summed E-state index contributed by atoms with van der Waals surface area (Å²) in [6.07, 6.45) is 0.727. The van der Waals surface area contributed by atoms with Crippen molar-refractivity contribution < 1.29 is 13.2 Å². The van der Waals surface area contributed by atoms with Gasteiger partial charge < -0.3 is 4.57 Å². The van der Waals surface area contributed by atoms with E-state index < -0.39 is 10.0 Å². The van der Waals surface area contributed by atoms with Crippen LogP contribution in [0.25, 0.3) is 0 Å². The highest BCUT2D eigenvalue weighted by atomic mass is 32.2. The third-order valence-electron chi connectivity index (χ3n) is 6.69. The van der Waals surface area contributed by atoms with E-state index in [9.17, 15) is 18.1 Å². The van der Waals surface area contributed by atoms with Crippen LogP contribution in [0, 0.1) is 11.8 Å². The van der Waals surface area contributed by atoms with Crippen molar-refractivity contribution >= 4 is 21.5 Å². The van der Waals surface area contributed by atoms with Crippen LogP contribution < -0.4 is 4.72 Å². The Morgan fingerprint density at radius 2 is 1.62 bits per heavy atom. The van der Waals surface area contributed by atoms with Crippen LogP contribution >= 0.6 is 0 Å². The number of carbonyl (C=O) groups is 1. The highest BCUT2D eigenvalue weighted by Gasteiger charge is 2.24. The van der Waals surface area contributed by atoms with E-state index in [-0.39, 0.29) is 29.6 Å². The Bertz CT molecular complexity index is 1560. The van der Waals surface area contributed by atoms with Crippen LogP contribution in [0.15, 0.2) is 95.0 Å². The van der Waals surface area contributed by atoms with Gasteiger partial charge in [0.15, 0.2) is 5.78 Å². The highest BCUT2D eigenvalue weighted by Crippen LogP contribution is 2.28. The lowest BCUT2D eigenvalue weighted by molar-refractivity contribution is 0.0981. The number of aryl methyl sites for hydroxylation is 2. The summed E-state index contributed by atoms with van der Waals surface area (Å²) in [6, 6.07) is 25.4. The largest absolute Gasteiger partial charge is 0.342 e. The fourth-order valence-electron chi connectivity index (χ4n) is 4.69. The Kier molecular flexibility index (Phi) is 8.89. The quantitative estimate of drug-likeness (QED) is 0.160. The smallest absolute Gasteiger partial charge is 0.240 e. The van der Waals surface area contributed by atoms with E-state index in [0.717, 1.165) is 22.4 Å². The number of ketones is 1. The predicted molar refractivity (Wildman–Crippen MR) is 154 cm³/mol. The number of nitroso groups, excluding NO2 is 1.